The van der Waals surface area contributed by atoms with E-state index in [0.29, 0.717) is 15.9 Å². The van der Waals surface area contributed by atoms with Gasteiger partial charge in [0.25, 0.3) is 5.91 Å². The van der Waals surface area contributed by atoms with Crippen molar-refractivity contribution < 1.29 is 9.90 Å². The average Bonchev–Trinajstić information content (AvgIpc) is 2.80. The summed E-state index contributed by atoms with van der Waals surface area (Å²) in [5, 5.41) is 9.62. The number of likely N-dealkylation sites (tertiary alicyclic amines) is 1. The summed E-state index contributed by atoms with van der Waals surface area (Å²) in [5.41, 5.74) is 0.525. The SMILES string of the molecule is O=C(c1ccc(Br)c(O)c1)N1CCCC1CCCl. The molecule has 1 heterocycles. The van der Waals surface area contributed by atoms with Crippen LogP contribution in [0.5, 0.6) is 5.75 Å². The van der Waals surface area contributed by atoms with Gasteiger partial charge in [-0.25, -0.2) is 0 Å². The van der Waals surface area contributed by atoms with Crippen LogP contribution in [0.25, 0.3) is 0 Å². The van der Waals surface area contributed by atoms with Gasteiger partial charge < -0.3 is 10.0 Å². The molecule has 0 spiro atoms. The summed E-state index contributed by atoms with van der Waals surface area (Å²) < 4.78 is 0.595. The molecule has 1 fully saturated rings. The fraction of sp³-hybridized carbons (Fsp3) is 0.462. The lowest BCUT2D eigenvalue weighted by Gasteiger charge is -2.24. The number of halogens is 2. The summed E-state index contributed by atoms with van der Waals surface area (Å²) in [7, 11) is 0. The van der Waals surface area contributed by atoms with Gasteiger partial charge in [-0.3, -0.25) is 4.79 Å². The largest absolute Gasteiger partial charge is 0.507 e. The number of phenols is 1. The van der Waals surface area contributed by atoms with E-state index in [-0.39, 0.29) is 17.7 Å². The van der Waals surface area contributed by atoms with Crippen molar-refractivity contribution in [1.29, 1.82) is 0 Å². The number of phenolic OH excluding ortho intramolecular Hbond substituents is 1. The van der Waals surface area contributed by atoms with Gasteiger partial charge in [0.15, 0.2) is 0 Å². The highest BCUT2D eigenvalue weighted by molar-refractivity contribution is 9.10. The van der Waals surface area contributed by atoms with E-state index < -0.39 is 0 Å². The van der Waals surface area contributed by atoms with Crippen molar-refractivity contribution in [3.8, 4) is 5.75 Å². The van der Waals surface area contributed by atoms with Crippen molar-refractivity contribution in [2.45, 2.75) is 25.3 Å². The van der Waals surface area contributed by atoms with Crippen LogP contribution in [-0.4, -0.2) is 34.4 Å². The monoisotopic (exact) mass is 331 g/mol. The maximum Gasteiger partial charge on any atom is 0.254 e. The molecule has 0 radical (unpaired) electrons. The lowest BCUT2D eigenvalue weighted by molar-refractivity contribution is 0.0734. The van der Waals surface area contributed by atoms with Crippen molar-refractivity contribution >= 4 is 33.4 Å². The molecule has 98 valence electrons. The molecule has 1 aromatic rings. The van der Waals surface area contributed by atoms with Crippen LogP contribution in [0.1, 0.15) is 29.6 Å². The van der Waals surface area contributed by atoms with Crippen LogP contribution in [-0.2, 0) is 0 Å². The van der Waals surface area contributed by atoms with Crippen LogP contribution < -0.4 is 0 Å². The molecule has 1 aliphatic heterocycles. The molecule has 0 saturated carbocycles. The van der Waals surface area contributed by atoms with Gasteiger partial charge in [0.05, 0.1) is 4.47 Å². The van der Waals surface area contributed by atoms with E-state index in [1.165, 1.54) is 6.07 Å². The third kappa shape index (κ3) is 2.81. The molecule has 1 saturated heterocycles. The molecule has 3 nitrogen and oxygen atoms in total. The van der Waals surface area contributed by atoms with Crippen molar-refractivity contribution in [3.05, 3.63) is 28.2 Å². The normalized spacial score (nSPS) is 19.2. The zero-order valence-corrected chi connectivity index (χ0v) is 12.2. The average molecular weight is 333 g/mol. The van der Waals surface area contributed by atoms with E-state index in [4.69, 9.17) is 11.6 Å². The molecule has 1 amide bonds. The Bertz CT molecular complexity index is 453. The highest BCUT2D eigenvalue weighted by Crippen LogP contribution is 2.27. The minimum Gasteiger partial charge on any atom is -0.507 e. The minimum absolute atomic E-state index is 0.0228. The molecule has 1 aliphatic rings. The van der Waals surface area contributed by atoms with Crippen molar-refractivity contribution in [2.24, 2.45) is 0 Å². The summed E-state index contributed by atoms with van der Waals surface area (Å²) in [6, 6.07) is 5.15. The first-order valence-electron chi connectivity index (χ1n) is 5.99. The van der Waals surface area contributed by atoms with Crippen LogP contribution in [0.2, 0.25) is 0 Å². The van der Waals surface area contributed by atoms with E-state index in [9.17, 15) is 9.90 Å². The van der Waals surface area contributed by atoms with Gasteiger partial charge in [-0.15, -0.1) is 11.6 Å². The first-order chi connectivity index (χ1) is 8.63. The van der Waals surface area contributed by atoms with E-state index in [2.05, 4.69) is 15.9 Å². The zero-order valence-electron chi connectivity index (χ0n) is 9.90. The van der Waals surface area contributed by atoms with Crippen molar-refractivity contribution in [2.75, 3.05) is 12.4 Å². The quantitative estimate of drug-likeness (QED) is 0.862. The second-order valence-electron chi connectivity index (χ2n) is 4.44. The molecule has 2 rings (SSSR count). The van der Waals surface area contributed by atoms with Crippen LogP contribution >= 0.6 is 27.5 Å². The van der Waals surface area contributed by atoms with Gasteiger partial charge in [-0.05, 0) is 53.4 Å². The Morgan fingerprint density at radius 2 is 2.33 bits per heavy atom. The Morgan fingerprint density at radius 1 is 1.56 bits per heavy atom. The molecule has 0 aliphatic carbocycles. The summed E-state index contributed by atoms with van der Waals surface area (Å²) in [5.74, 6) is 0.638. The lowest BCUT2D eigenvalue weighted by Crippen LogP contribution is -2.35. The number of rotatable bonds is 3. The first-order valence-corrected chi connectivity index (χ1v) is 7.31. The van der Waals surface area contributed by atoms with Crippen LogP contribution in [0.3, 0.4) is 0 Å². The fourth-order valence-corrected chi connectivity index (χ4v) is 2.84. The van der Waals surface area contributed by atoms with E-state index in [1.54, 1.807) is 12.1 Å². The second-order valence-corrected chi connectivity index (χ2v) is 5.67. The number of hydrogen-bond donors (Lipinski definition) is 1. The van der Waals surface area contributed by atoms with Gasteiger partial charge in [-0.2, -0.15) is 0 Å². The number of carbonyl (C=O) groups is 1. The fourth-order valence-electron chi connectivity index (χ4n) is 2.34. The molecular formula is C13H15BrClNO2. The van der Waals surface area contributed by atoms with Gasteiger partial charge in [0.2, 0.25) is 0 Å². The zero-order chi connectivity index (χ0) is 13.1. The minimum atomic E-state index is -0.0228. The molecule has 18 heavy (non-hydrogen) atoms. The van der Waals surface area contributed by atoms with Gasteiger partial charge in [-0.1, -0.05) is 0 Å². The number of carbonyl (C=O) groups excluding carboxylic acids is 1. The molecular weight excluding hydrogens is 318 g/mol. The molecule has 1 aromatic carbocycles. The number of aromatic hydroxyl groups is 1. The summed E-state index contributed by atoms with van der Waals surface area (Å²) in [6.07, 6.45) is 2.87. The highest BCUT2D eigenvalue weighted by Gasteiger charge is 2.28. The first kappa shape index (κ1) is 13.7. The predicted octanol–water partition coefficient (Wildman–Crippen LogP) is 3.39. The second kappa shape index (κ2) is 5.93. The van der Waals surface area contributed by atoms with Gasteiger partial charge in [0, 0.05) is 24.0 Å². The lowest BCUT2D eigenvalue weighted by atomic mass is 10.1. The number of nitrogens with zero attached hydrogens (tertiary/aromatic N) is 1. The molecule has 0 bridgehead atoms. The van der Waals surface area contributed by atoms with Crippen molar-refractivity contribution in [1.82, 2.24) is 4.90 Å². The summed E-state index contributed by atoms with van der Waals surface area (Å²) in [6.45, 7) is 0.775. The summed E-state index contributed by atoms with van der Waals surface area (Å²) in [4.78, 5) is 14.2. The highest BCUT2D eigenvalue weighted by atomic mass is 79.9. The molecule has 1 N–H and O–H groups in total. The Balaban J connectivity index is 2.17. The smallest absolute Gasteiger partial charge is 0.254 e. The molecule has 0 aromatic heterocycles. The number of hydrogen-bond acceptors (Lipinski definition) is 2. The number of amides is 1. The van der Waals surface area contributed by atoms with E-state index >= 15 is 0 Å². The van der Waals surface area contributed by atoms with Crippen LogP contribution in [0, 0.1) is 0 Å². The Labute approximate surface area is 120 Å². The van der Waals surface area contributed by atoms with Crippen molar-refractivity contribution in [3.63, 3.8) is 0 Å². The maximum atomic E-state index is 12.4. The molecule has 5 heteroatoms. The van der Waals surface area contributed by atoms with Gasteiger partial charge in [0.1, 0.15) is 5.75 Å². The predicted molar refractivity (Wildman–Crippen MR) is 75.2 cm³/mol. The third-order valence-electron chi connectivity index (χ3n) is 3.27. The molecule has 1 unspecified atom stereocenters. The Kier molecular flexibility index (Phi) is 4.51. The van der Waals surface area contributed by atoms with E-state index in [1.807, 2.05) is 4.90 Å². The van der Waals surface area contributed by atoms with E-state index in [0.717, 1.165) is 25.8 Å². The number of alkyl halides is 1. The number of benzene rings is 1. The third-order valence-corrected chi connectivity index (χ3v) is 4.16. The Hall–Kier alpha value is -0.740. The topological polar surface area (TPSA) is 40.5 Å². The van der Waals surface area contributed by atoms with Gasteiger partial charge >= 0.3 is 0 Å². The summed E-state index contributed by atoms with van der Waals surface area (Å²) >= 11 is 8.97. The van der Waals surface area contributed by atoms with Crippen LogP contribution in [0.15, 0.2) is 22.7 Å². The maximum absolute atomic E-state index is 12.4. The van der Waals surface area contributed by atoms with Crippen LogP contribution in [0.4, 0.5) is 0 Å². The standard InChI is InChI=1S/C13H15BrClNO2/c14-11-4-3-9(8-12(11)17)13(18)16-7-1-2-10(16)5-6-15/h3-4,8,10,17H,1-2,5-7H2. The Morgan fingerprint density at radius 3 is 3.00 bits per heavy atom. The molecule has 1 atom stereocenters.